The molecule has 1 unspecified atom stereocenters. The molecule has 0 heterocycles. The molecule has 0 N–H and O–H groups in total. The SMILES string of the molecule is CC1CC=C(C2=CC=C(C3CCC(C)CC3)C(F)(F)C2(F)F)CC1. The Morgan fingerprint density at radius 1 is 0.833 bits per heavy atom. The first-order chi connectivity index (χ1) is 11.2. The highest BCUT2D eigenvalue weighted by molar-refractivity contribution is 5.49. The van der Waals surface area contributed by atoms with E-state index in [0.29, 0.717) is 43.1 Å². The molecule has 0 aromatic rings. The lowest BCUT2D eigenvalue weighted by Gasteiger charge is -2.39. The van der Waals surface area contributed by atoms with Crippen LogP contribution < -0.4 is 0 Å². The first kappa shape index (κ1) is 17.8. The van der Waals surface area contributed by atoms with Gasteiger partial charge < -0.3 is 0 Å². The van der Waals surface area contributed by atoms with Crippen molar-refractivity contribution in [1.29, 1.82) is 0 Å². The van der Waals surface area contributed by atoms with Gasteiger partial charge in [0.1, 0.15) is 0 Å². The number of rotatable bonds is 2. The van der Waals surface area contributed by atoms with Crippen molar-refractivity contribution in [1.82, 2.24) is 0 Å². The Morgan fingerprint density at radius 2 is 1.50 bits per heavy atom. The van der Waals surface area contributed by atoms with E-state index in [2.05, 4.69) is 13.8 Å². The highest BCUT2D eigenvalue weighted by Crippen LogP contribution is 2.54. The quantitative estimate of drug-likeness (QED) is 0.490. The van der Waals surface area contributed by atoms with Crippen LogP contribution >= 0.6 is 0 Å². The minimum absolute atomic E-state index is 0.354. The molecule has 1 saturated carbocycles. The molecule has 0 aromatic heterocycles. The second-order valence-electron chi connectivity index (χ2n) is 7.92. The minimum Gasteiger partial charge on any atom is -0.194 e. The molecular formula is C20H26F4. The van der Waals surface area contributed by atoms with E-state index in [1.54, 1.807) is 6.08 Å². The van der Waals surface area contributed by atoms with E-state index in [-0.39, 0.29) is 5.57 Å². The van der Waals surface area contributed by atoms with Gasteiger partial charge in [0.15, 0.2) is 0 Å². The maximum atomic E-state index is 14.7. The Labute approximate surface area is 141 Å². The largest absolute Gasteiger partial charge is 0.339 e. The summed E-state index contributed by atoms with van der Waals surface area (Å²) in [4.78, 5) is 0. The van der Waals surface area contributed by atoms with Gasteiger partial charge in [0, 0.05) is 11.1 Å². The van der Waals surface area contributed by atoms with Gasteiger partial charge in [-0.2, -0.15) is 17.6 Å². The zero-order chi connectivity index (χ0) is 17.5. The summed E-state index contributed by atoms with van der Waals surface area (Å²) in [5.74, 6) is -7.67. The van der Waals surface area contributed by atoms with E-state index in [0.717, 1.165) is 19.3 Å². The lowest BCUT2D eigenvalue weighted by Crippen LogP contribution is -2.48. The molecule has 0 aliphatic heterocycles. The third-order valence-electron chi connectivity index (χ3n) is 6.00. The van der Waals surface area contributed by atoms with Crippen molar-refractivity contribution in [2.45, 2.75) is 70.6 Å². The zero-order valence-corrected chi connectivity index (χ0v) is 14.4. The summed E-state index contributed by atoms with van der Waals surface area (Å²) >= 11 is 0. The summed E-state index contributed by atoms with van der Waals surface area (Å²) in [5, 5.41) is 0. The maximum Gasteiger partial charge on any atom is 0.339 e. The predicted octanol–water partition coefficient (Wildman–Crippen LogP) is 6.70. The number of alkyl halides is 4. The van der Waals surface area contributed by atoms with E-state index in [1.165, 1.54) is 12.2 Å². The van der Waals surface area contributed by atoms with Crippen molar-refractivity contribution in [3.63, 3.8) is 0 Å². The Bertz CT molecular complexity index is 574. The summed E-state index contributed by atoms with van der Waals surface area (Å²) in [6, 6.07) is 0. The van der Waals surface area contributed by atoms with E-state index in [9.17, 15) is 17.6 Å². The van der Waals surface area contributed by atoms with Crippen LogP contribution in [-0.4, -0.2) is 11.8 Å². The minimum atomic E-state index is -4.10. The van der Waals surface area contributed by atoms with E-state index >= 15 is 0 Å². The van der Waals surface area contributed by atoms with Gasteiger partial charge in [-0.05, 0) is 55.4 Å². The average Bonchev–Trinajstić information content (AvgIpc) is 2.52. The molecule has 0 amide bonds. The molecule has 1 fully saturated rings. The number of allylic oxidation sites excluding steroid dienone is 6. The van der Waals surface area contributed by atoms with Crippen LogP contribution in [0.1, 0.15) is 58.8 Å². The molecule has 24 heavy (non-hydrogen) atoms. The topological polar surface area (TPSA) is 0 Å². The molecule has 4 heteroatoms. The molecule has 0 nitrogen and oxygen atoms in total. The molecule has 0 aromatic carbocycles. The molecule has 3 aliphatic carbocycles. The van der Waals surface area contributed by atoms with Gasteiger partial charge in [0.25, 0.3) is 0 Å². The molecule has 3 rings (SSSR count). The Kier molecular flexibility index (Phi) is 4.69. The molecule has 0 saturated heterocycles. The molecule has 134 valence electrons. The van der Waals surface area contributed by atoms with Crippen molar-refractivity contribution in [2.24, 2.45) is 17.8 Å². The van der Waals surface area contributed by atoms with Gasteiger partial charge in [-0.1, -0.05) is 44.9 Å². The van der Waals surface area contributed by atoms with Crippen LogP contribution in [-0.2, 0) is 0 Å². The van der Waals surface area contributed by atoms with Crippen LogP contribution in [0.3, 0.4) is 0 Å². The fourth-order valence-electron chi connectivity index (χ4n) is 4.21. The standard InChI is InChI=1S/C20H26F4/c1-13-3-7-15(8-4-13)17-11-12-18(20(23,24)19(17,21)22)16-9-5-14(2)6-10-16/h7,11-14,16H,3-6,8-10H2,1-2H3. The van der Waals surface area contributed by atoms with E-state index in [4.69, 9.17) is 0 Å². The Balaban J connectivity index is 1.92. The average molecular weight is 342 g/mol. The fraction of sp³-hybridized carbons (Fsp3) is 0.700. The molecule has 3 aliphatic rings. The molecule has 0 spiro atoms. The second kappa shape index (κ2) is 6.34. The first-order valence-corrected chi connectivity index (χ1v) is 9.11. The van der Waals surface area contributed by atoms with Crippen LogP contribution in [0, 0.1) is 17.8 Å². The lowest BCUT2D eigenvalue weighted by atomic mass is 9.72. The van der Waals surface area contributed by atoms with Crippen LogP contribution in [0.5, 0.6) is 0 Å². The molecule has 0 bridgehead atoms. The third kappa shape index (κ3) is 2.97. The smallest absolute Gasteiger partial charge is 0.194 e. The maximum absolute atomic E-state index is 14.7. The van der Waals surface area contributed by atoms with Gasteiger partial charge in [0.05, 0.1) is 0 Å². The highest BCUT2D eigenvalue weighted by atomic mass is 19.3. The second-order valence-corrected chi connectivity index (χ2v) is 7.92. The summed E-state index contributed by atoms with van der Waals surface area (Å²) in [6.45, 7) is 4.14. The normalized spacial score (nSPS) is 35.8. The summed E-state index contributed by atoms with van der Waals surface area (Å²) in [7, 11) is 0. The Hall–Kier alpha value is -1.06. The van der Waals surface area contributed by atoms with Gasteiger partial charge >= 0.3 is 11.8 Å². The highest BCUT2D eigenvalue weighted by Gasteiger charge is 2.63. The van der Waals surface area contributed by atoms with E-state index in [1.807, 2.05) is 0 Å². The van der Waals surface area contributed by atoms with Crippen LogP contribution in [0.4, 0.5) is 17.6 Å². The third-order valence-corrected chi connectivity index (χ3v) is 6.00. The molecule has 0 radical (unpaired) electrons. The van der Waals surface area contributed by atoms with Crippen LogP contribution in [0.25, 0.3) is 0 Å². The Morgan fingerprint density at radius 3 is 2.08 bits per heavy atom. The number of hydrogen-bond acceptors (Lipinski definition) is 0. The van der Waals surface area contributed by atoms with Gasteiger partial charge in [-0.3, -0.25) is 0 Å². The van der Waals surface area contributed by atoms with Crippen molar-refractivity contribution in [2.75, 3.05) is 0 Å². The number of halogens is 4. The van der Waals surface area contributed by atoms with Crippen molar-refractivity contribution in [3.8, 4) is 0 Å². The summed E-state index contributed by atoms with van der Waals surface area (Å²) < 4.78 is 58.9. The summed E-state index contributed by atoms with van der Waals surface area (Å²) in [5.41, 5.74) is -0.411. The molecule has 1 atom stereocenters. The van der Waals surface area contributed by atoms with Gasteiger partial charge in [-0.15, -0.1) is 0 Å². The fourth-order valence-corrected chi connectivity index (χ4v) is 4.21. The lowest BCUT2D eigenvalue weighted by molar-refractivity contribution is -0.167. The summed E-state index contributed by atoms with van der Waals surface area (Å²) in [6.07, 6.45) is 9.07. The monoisotopic (exact) mass is 342 g/mol. The zero-order valence-electron chi connectivity index (χ0n) is 14.4. The van der Waals surface area contributed by atoms with Gasteiger partial charge in [0.2, 0.25) is 0 Å². The van der Waals surface area contributed by atoms with Crippen LogP contribution in [0.15, 0.2) is 34.9 Å². The van der Waals surface area contributed by atoms with E-state index < -0.39 is 23.3 Å². The van der Waals surface area contributed by atoms with Crippen molar-refractivity contribution >= 4 is 0 Å². The van der Waals surface area contributed by atoms with Crippen molar-refractivity contribution < 1.29 is 17.6 Å². The van der Waals surface area contributed by atoms with Crippen molar-refractivity contribution in [3.05, 3.63) is 34.9 Å². The van der Waals surface area contributed by atoms with Crippen LogP contribution in [0.2, 0.25) is 0 Å². The number of hydrogen-bond donors (Lipinski definition) is 0. The first-order valence-electron chi connectivity index (χ1n) is 9.11. The van der Waals surface area contributed by atoms with Gasteiger partial charge in [-0.25, -0.2) is 0 Å². The predicted molar refractivity (Wildman–Crippen MR) is 88.3 cm³/mol. The molecular weight excluding hydrogens is 316 g/mol.